The Labute approximate surface area is 257 Å². The van der Waals surface area contributed by atoms with E-state index in [0.717, 1.165) is 44.2 Å². The van der Waals surface area contributed by atoms with Crippen LogP contribution in [0.15, 0.2) is 151 Å². The fourth-order valence-corrected chi connectivity index (χ4v) is 6.95. The first kappa shape index (κ1) is 26.0. The van der Waals surface area contributed by atoms with Gasteiger partial charge in [-0.05, 0) is 73.5 Å². The van der Waals surface area contributed by atoms with E-state index in [1.807, 2.05) is 18.2 Å². The number of allylic oxidation sites excluding steroid dienone is 1. The third-order valence-electron chi connectivity index (χ3n) is 8.78. The molecule has 0 atom stereocenters. The number of hydrogen-bond acceptors (Lipinski definition) is 1. The maximum Gasteiger partial charge on any atom is 0.143 e. The van der Waals surface area contributed by atoms with E-state index in [0.29, 0.717) is 0 Å². The lowest BCUT2D eigenvalue weighted by Gasteiger charge is -2.22. The lowest BCUT2D eigenvalue weighted by atomic mass is 9.80. The summed E-state index contributed by atoms with van der Waals surface area (Å²) in [6.07, 6.45) is 6.41. The molecule has 0 saturated carbocycles. The van der Waals surface area contributed by atoms with Crippen molar-refractivity contribution in [3.05, 3.63) is 157 Å². The van der Waals surface area contributed by atoms with Crippen molar-refractivity contribution in [1.29, 1.82) is 0 Å². The largest absolute Gasteiger partial charge is 0.455 e. The van der Waals surface area contributed by atoms with Gasteiger partial charge in [-0.15, -0.1) is 0 Å². The standard InChI is InChI=1S/C43H30O/c1-3-15-33-29(4-2)41(36-22-9-10-23-37(36)42(33)34-24-13-17-28-16-5-6-18-30(28)34)35-21-8-7-19-31(35)38-25-14-26-39-32-20-11-12-27-40(32)44-43(38)39/h3-27H,2H2,1H3/b15-3-. The lowest BCUT2D eigenvalue weighted by molar-refractivity contribution is 0.670. The van der Waals surface area contributed by atoms with E-state index in [-0.39, 0.29) is 0 Å². The van der Waals surface area contributed by atoms with Crippen LogP contribution in [0.25, 0.3) is 89.0 Å². The van der Waals surface area contributed by atoms with Gasteiger partial charge in [0.05, 0.1) is 0 Å². The Morgan fingerprint density at radius 2 is 1.02 bits per heavy atom. The zero-order valence-corrected chi connectivity index (χ0v) is 24.5. The van der Waals surface area contributed by atoms with Crippen LogP contribution < -0.4 is 0 Å². The van der Waals surface area contributed by atoms with Gasteiger partial charge in [-0.3, -0.25) is 0 Å². The van der Waals surface area contributed by atoms with Gasteiger partial charge in [0.1, 0.15) is 11.2 Å². The molecule has 0 unspecified atom stereocenters. The molecule has 8 aromatic rings. The first-order valence-electron chi connectivity index (χ1n) is 15.1. The third kappa shape index (κ3) is 3.94. The van der Waals surface area contributed by atoms with Crippen LogP contribution in [0.5, 0.6) is 0 Å². The lowest BCUT2D eigenvalue weighted by Crippen LogP contribution is -1.98. The van der Waals surface area contributed by atoms with Crippen molar-refractivity contribution in [3.63, 3.8) is 0 Å². The van der Waals surface area contributed by atoms with Gasteiger partial charge in [0.15, 0.2) is 0 Å². The normalized spacial score (nSPS) is 11.8. The summed E-state index contributed by atoms with van der Waals surface area (Å²) in [5, 5.41) is 7.15. The van der Waals surface area contributed by atoms with Gasteiger partial charge >= 0.3 is 0 Å². The quantitative estimate of drug-likeness (QED) is 0.203. The van der Waals surface area contributed by atoms with Crippen LogP contribution in [0.3, 0.4) is 0 Å². The molecule has 8 rings (SSSR count). The Balaban J connectivity index is 1.50. The molecule has 208 valence electrons. The predicted octanol–water partition coefficient (Wildman–Crippen LogP) is 12.6. The molecule has 0 saturated heterocycles. The number of fused-ring (bicyclic) bond motifs is 5. The van der Waals surface area contributed by atoms with Gasteiger partial charge < -0.3 is 4.42 Å². The molecule has 0 aliphatic carbocycles. The van der Waals surface area contributed by atoms with E-state index in [9.17, 15) is 0 Å². The van der Waals surface area contributed by atoms with Crippen LogP contribution in [0, 0.1) is 0 Å². The molecule has 1 aromatic heterocycles. The second-order valence-corrected chi connectivity index (χ2v) is 11.2. The second-order valence-electron chi connectivity index (χ2n) is 11.2. The van der Waals surface area contributed by atoms with Gasteiger partial charge in [0, 0.05) is 16.3 Å². The van der Waals surface area contributed by atoms with Crippen LogP contribution in [0.1, 0.15) is 18.1 Å². The van der Waals surface area contributed by atoms with E-state index < -0.39 is 0 Å². The third-order valence-corrected chi connectivity index (χ3v) is 8.78. The minimum absolute atomic E-state index is 0.902. The molecule has 0 N–H and O–H groups in total. The Morgan fingerprint density at radius 3 is 1.80 bits per heavy atom. The van der Waals surface area contributed by atoms with Crippen molar-refractivity contribution in [1.82, 2.24) is 0 Å². The highest BCUT2D eigenvalue weighted by Gasteiger charge is 2.23. The van der Waals surface area contributed by atoms with Crippen molar-refractivity contribution in [3.8, 4) is 33.4 Å². The van der Waals surface area contributed by atoms with Crippen molar-refractivity contribution in [2.75, 3.05) is 0 Å². The van der Waals surface area contributed by atoms with Crippen molar-refractivity contribution in [2.24, 2.45) is 0 Å². The minimum atomic E-state index is 0.902. The van der Waals surface area contributed by atoms with E-state index in [1.165, 1.54) is 43.8 Å². The molecule has 1 nitrogen and oxygen atoms in total. The average Bonchev–Trinajstić information content (AvgIpc) is 3.47. The summed E-state index contributed by atoms with van der Waals surface area (Å²) in [7, 11) is 0. The molecule has 44 heavy (non-hydrogen) atoms. The number of para-hydroxylation sites is 2. The Bertz CT molecular complexity index is 2410. The van der Waals surface area contributed by atoms with Crippen LogP contribution in [0.4, 0.5) is 0 Å². The van der Waals surface area contributed by atoms with Crippen LogP contribution in [-0.2, 0) is 0 Å². The van der Waals surface area contributed by atoms with Gasteiger partial charge in [0.2, 0.25) is 0 Å². The molecule has 0 fully saturated rings. The predicted molar refractivity (Wildman–Crippen MR) is 190 cm³/mol. The summed E-state index contributed by atoms with van der Waals surface area (Å²) in [4.78, 5) is 0. The molecule has 0 spiro atoms. The Kier molecular flexibility index (Phi) is 6.24. The number of furan rings is 1. The fourth-order valence-electron chi connectivity index (χ4n) is 6.95. The maximum absolute atomic E-state index is 6.52. The molecule has 7 aromatic carbocycles. The Morgan fingerprint density at radius 1 is 0.477 bits per heavy atom. The van der Waals surface area contributed by atoms with Crippen molar-refractivity contribution >= 4 is 55.6 Å². The summed E-state index contributed by atoms with van der Waals surface area (Å²) in [5.41, 5.74) is 11.1. The highest BCUT2D eigenvalue weighted by Crippen LogP contribution is 2.48. The first-order valence-corrected chi connectivity index (χ1v) is 15.1. The number of benzene rings is 7. The SMILES string of the molecule is C=Cc1c(/C=C\C)c(-c2cccc3ccccc23)c2ccccc2c1-c1ccccc1-c1cccc2c1oc1ccccc12. The summed E-state index contributed by atoms with van der Waals surface area (Å²) in [6.45, 7) is 6.48. The molecular formula is C43H30O. The number of hydrogen-bond donors (Lipinski definition) is 0. The average molecular weight is 563 g/mol. The van der Waals surface area contributed by atoms with Crippen LogP contribution >= 0.6 is 0 Å². The van der Waals surface area contributed by atoms with Gasteiger partial charge in [0.25, 0.3) is 0 Å². The molecule has 1 heterocycles. The highest BCUT2D eigenvalue weighted by molar-refractivity contribution is 6.17. The van der Waals surface area contributed by atoms with Gasteiger partial charge in [-0.1, -0.05) is 152 Å². The number of rotatable bonds is 5. The zero-order chi connectivity index (χ0) is 29.6. The van der Waals surface area contributed by atoms with Crippen LogP contribution in [-0.4, -0.2) is 0 Å². The van der Waals surface area contributed by atoms with Crippen LogP contribution in [0.2, 0.25) is 0 Å². The summed E-state index contributed by atoms with van der Waals surface area (Å²) in [6, 6.07) is 47.5. The van der Waals surface area contributed by atoms with E-state index in [2.05, 4.69) is 147 Å². The fraction of sp³-hybridized carbons (Fsp3) is 0.0233. The summed E-state index contributed by atoms with van der Waals surface area (Å²) in [5.74, 6) is 0. The molecular weight excluding hydrogens is 532 g/mol. The molecule has 0 aliphatic rings. The summed E-state index contributed by atoms with van der Waals surface area (Å²) >= 11 is 0. The van der Waals surface area contributed by atoms with Gasteiger partial charge in [-0.25, -0.2) is 0 Å². The molecule has 0 aliphatic heterocycles. The van der Waals surface area contributed by atoms with E-state index >= 15 is 0 Å². The smallest absolute Gasteiger partial charge is 0.143 e. The maximum atomic E-state index is 6.52. The monoisotopic (exact) mass is 562 g/mol. The first-order chi connectivity index (χ1) is 21.8. The molecule has 1 heteroatoms. The topological polar surface area (TPSA) is 13.1 Å². The second kappa shape index (κ2) is 10.6. The molecule has 0 amide bonds. The minimum Gasteiger partial charge on any atom is -0.455 e. The zero-order valence-electron chi connectivity index (χ0n) is 24.5. The van der Waals surface area contributed by atoms with Gasteiger partial charge in [-0.2, -0.15) is 0 Å². The van der Waals surface area contributed by atoms with E-state index in [4.69, 9.17) is 4.42 Å². The van der Waals surface area contributed by atoms with E-state index in [1.54, 1.807) is 0 Å². The van der Waals surface area contributed by atoms with Crippen molar-refractivity contribution in [2.45, 2.75) is 6.92 Å². The van der Waals surface area contributed by atoms with Crippen molar-refractivity contribution < 1.29 is 4.42 Å². The molecule has 0 bridgehead atoms. The Hall–Kier alpha value is -5.66. The highest BCUT2D eigenvalue weighted by atomic mass is 16.3. The summed E-state index contributed by atoms with van der Waals surface area (Å²) < 4.78 is 6.52. The molecule has 0 radical (unpaired) electrons.